The zero-order valence-corrected chi connectivity index (χ0v) is 12.4. The number of nitrogens with two attached hydrogens (primary N) is 1. The second-order valence-corrected chi connectivity index (χ2v) is 5.41. The summed E-state index contributed by atoms with van der Waals surface area (Å²) in [5, 5.41) is 0. The van der Waals surface area contributed by atoms with Crippen molar-refractivity contribution in [1.29, 1.82) is 0 Å². The summed E-state index contributed by atoms with van der Waals surface area (Å²) in [7, 11) is 5.54. The number of amides is 1. The summed E-state index contributed by atoms with van der Waals surface area (Å²) in [6, 6.07) is 5.46. The van der Waals surface area contributed by atoms with E-state index in [1.165, 1.54) is 0 Å². The number of benzene rings is 1. The maximum Gasteiger partial charge on any atom is 0.257 e. The van der Waals surface area contributed by atoms with Crippen LogP contribution >= 0.6 is 0 Å². The third kappa shape index (κ3) is 3.04. The first kappa shape index (κ1) is 14.7. The van der Waals surface area contributed by atoms with Gasteiger partial charge in [0.25, 0.3) is 5.91 Å². The van der Waals surface area contributed by atoms with Crippen LogP contribution in [0.5, 0.6) is 5.75 Å². The molecule has 20 heavy (non-hydrogen) atoms. The van der Waals surface area contributed by atoms with Crippen LogP contribution < -0.4 is 10.5 Å². The van der Waals surface area contributed by atoms with E-state index in [0.717, 1.165) is 25.9 Å². The molecule has 0 atom stereocenters. The molecule has 0 saturated carbocycles. The van der Waals surface area contributed by atoms with Crippen LogP contribution in [-0.2, 0) is 0 Å². The van der Waals surface area contributed by atoms with Crippen LogP contribution in [0.4, 0.5) is 5.69 Å². The van der Waals surface area contributed by atoms with Crippen LogP contribution in [0.3, 0.4) is 0 Å². The zero-order chi connectivity index (χ0) is 14.7. The normalized spacial score (nSPS) is 16.9. The van der Waals surface area contributed by atoms with Gasteiger partial charge in [0.1, 0.15) is 5.75 Å². The summed E-state index contributed by atoms with van der Waals surface area (Å²) in [6.07, 6.45) is 2.02. The molecule has 0 unspecified atom stereocenters. The highest BCUT2D eigenvalue weighted by atomic mass is 16.5. The van der Waals surface area contributed by atoms with E-state index in [9.17, 15) is 4.79 Å². The van der Waals surface area contributed by atoms with E-state index < -0.39 is 0 Å². The van der Waals surface area contributed by atoms with Crippen LogP contribution in [0, 0.1) is 0 Å². The molecule has 1 heterocycles. The number of hydrogen-bond acceptors (Lipinski definition) is 4. The Morgan fingerprint density at radius 2 is 2.05 bits per heavy atom. The third-order valence-corrected chi connectivity index (χ3v) is 4.01. The molecule has 2 N–H and O–H groups in total. The average molecular weight is 277 g/mol. The third-order valence-electron chi connectivity index (χ3n) is 4.01. The van der Waals surface area contributed by atoms with Crippen molar-refractivity contribution in [3.05, 3.63) is 23.8 Å². The predicted molar refractivity (Wildman–Crippen MR) is 80.0 cm³/mol. The number of likely N-dealkylation sites (tertiary alicyclic amines) is 1. The van der Waals surface area contributed by atoms with Gasteiger partial charge < -0.3 is 20.3 Å². The summed E-state index contributed by atoms with van der Waals surface area (Å²) >= 11 is 0. The molecule has 5 heteroatoms. The van der Waals surface area contributed by atoms with Crippen molar-refractivity contribution in [3.63, 3.8) is 0 Å². The Morgan fingerprint density at radius 3 is 2.65 bits per heavy atom. The quantitative estimate of drug-likeness (QED) is 0.849. The van der Waals surface area contributed by atoms with Gasteiger partial charge in [-0.15, -0.1) is 0 Å². The number of rotatable bonds is 3. The van der Waals surface area contributed by atoms with Crippen molar-refractivity contribution in [2.24, 2.45) is 0 Å². The zero-order valence-electron chi connectivity index (χ0n) is 12.4. The number of ether oxygens (including phenoxy) is 1. The van der Waals surface area contributed by atoms with Gasteiger partial charge in [-0.1, -0.05) is 0 Å². The summed E-state index contributed by atoms with van der Waals surface area (Å²) in [4.78, 5) is 16.7. The molecule has 110 valence electrons. The smallest absolute Gasteiger partial charge is 0.257 e. The molecule has 1 aliphatic rings. The van der Waals surface area contributed by atoms with Gasteiger partial charge in [0.05, 0.1) is 12.7 Å². The Hall–Kier alpha value is -1.75. The maximum atomic E-state index is 12.6. The first-order chi connectivity index (χ1) is 9.52. The van der Waals surface area contributed by atoms with Crippen LogP contribution in [0.1, 0.15) is 23.2 Å². The molecule has 0 aromatic heterocycles. The van der Waals surface area contributed by atoms with E-state index in [0.29, 0.717) is 23.0 Å². The Kier molecular flexibility index (Phi) is 4.49. The van der Waals surface area contributed by atoms with E-state index in [1.807, 2.05) is 11.9 Å². The molecule has 1 saturated heterocycles. The number of carbonyl (C=O) groups is 1. The average Bonchev–Trinajstić information content (AvgIpc) is 2.46. The van der Waals surface area contributed by atoms with Gasteiger partial charge in [0, 0.05) is 24.8 Å². The first-order valence-corrected chi connectivity index (χ1v) is 6.92. The lowest BCUT2D eigenvalue weighted by Gasteiger charge is -2.35. The van der Waals surface area contributed by atoms with Crippen LogP contribution in [0.2, 0.25) is 0 Å². The van der Waals surface area contributed by atoms with Gasteiger partial charge in [-0.25, -0.2) is 0 Å². The molecule has 5 nitrogen and oxygen atoms in total. The van der Waals surface area contributed by atoms with Gasteiger partial charge in [-0.05, 0) is 45.1 Å². The van der Waals surface area contributed by atoms with E-state index in [-0.39, 0.29) is 5.91 Å². The fraction of sp³-hybridized carbons (Fsp3) is 0.533. The number of piperidine rings is 1. The highest BCUT2D eigenvalue weighted by Crippen LogP contribution is 2.24. The monoisotopic (exact) mass is 277 g/mol. The summed E-state index contributed by atoms with van der Waals surface area (Å²) < 4.78 is 5.27. The molecule has 1 fully saturated rings. The van der Waals surface area contributed by atoms with Crippen molar-refractivity contribution < 1.29 is 9.53 Å². The fourth-order valence-corrected chi connectivity index (χ4v) is 2.62. The highest BCUT2D eigenvalue weighted by molar-refractivity contribution is 5.97. The molecular formula is C15H23N3O2. The molecule has 1 aliphatic heterocycles. The molecule has 0 spiro atoms. The number of methoxy groups -OCH3 is 1. The van der Waals surface area contributed by atoms with Crippen molar-refractivity contribution in [2.45, 2.75) is 18.9 Å². The van der Waals surface area contributed by atoms with Crippen molar-refractivity contribution >= 4 is 11.6 Å². The molecule has 2 rings (SSSR count). The lowest BCUT2D eigenvalue weighted by atomic mass is 10.0. The van der Waals surface area contributed by atoms with Gasteiger partial charge in [0.15, 0.2) is 0 Å². The van der Waals surface area contributed by atoms with E-state index in [2.05, 4.69) is 11.9 Å². The molecule has 1 aromatic rings. The minimum atomic E-state index is -0.00333. The number of nitrogen functional groups attached to an aromatic ring is 1. The van der Waals surface area contributed by atoms with E-state index in [4.69, 9.17) is 10.5 Å². The van der Waals surface area contributed by atoms with Crippen LogP contribution in [0.15, 0.2) is 18.2 Å². The number of nitrogens with zero attached hydrogens (tertiary/aromatic N) is 2. The van der Waals surface area contributed by atoms with Crippen molar-refractivity contribution in [1.82, 2.24) is 9.80 Å². The van der Waals surface area contributed by atoms with Crippen LogP contribution in [-0.4, -0.2) is 56.0 Å². The molecule has 0 bridgehead atoms. The number of hydrogen-bond donors (Lipinski definition) is 1. The largest absolute Gasteiger partial charge is 0.496 e. The van der Waals surface area contributed by atoms with E-state index >= 15 is 0 Å². The fourth-order valence-electron chi connectivity index (χ4n) is 2.62. The summed E-state index contributed by atoms with van der Waals surface area (Å²) in [5.74, 6) is 0.534. The Bertz CT molecular complexity index is 482. The lowest BCUT2D eigenvalue weighted by Crippen LogP contribution is -2.44. The highest BCUT2D eigenvalue weighted by Gasteiger charge is 2.26. The van der Waals surface area contributed by atoms with Crippen molar-refractivity contribution in [3.8, 4) is 5.75 Å². The molecule has 1 aromatic carbocycles. The van der Waals surface area contributed by atoms with Crippen LogP contribution in [0.25, 0.3) is 0 Å². The Balaban J connectivity index is 2.14. The van der Waals surface area contributed by atoms with Gasteiger partial charge in [-0.2, -0.15) is 0 Å². The molecule has 0 radical (unpaired) electrons. The summed E-state index contributed by atoms with van der Waals surface area (Å²) in [6.45, 7) is 2.06. The van der Waals surface area contributed by atoms with Gasteiger partial charge in [0.2, 0.25) is 0 Å². The molecule has 0 aliphatic carbocycles. The van der Waals surface area contributed by atoms with E-state index in [1.54, 1.807) is 25.3 Å². The number of carbonyl (C=O) groups excluding carboxylic acids is 1. The van der Waals surface area contributed by atoms with Crippen molar-refractivity contribution in [2.75, 3.05) is 40.0 Å². The predicted octanol–water partition coefficient (Wildman–Crippen LogP) is 1.44. The summed E-state index contributed by atoms with van der Waals surface area (Å²) in [5.41, 5.74) is 6.90. The molecule has 1 amide bonds. The van der Waals surface area contributed by atoms with Gasteiger partial charge >= 0.3 is 0 Å². The second kappa shape index (κ2) is 6.13. The minimum absolute atomic E-state index is 0.00333. The first-order valence-electron chi connectivity index (χ1n) is 6.92. The SMILES string of the molecule is COc1cc(N)ccc1C(=O)N(C)C1CCN(C)CC1. The minimum Gasteiger partial charge on any atom is -0.496 e. The molecular weight excluding hydrogens is 254 g/mol. The lowest BCUT2D eigenvalue weighted by molar-refractivity contribution is 0.0656. The maximum absolute atomic E-state index is 12.6. The Morgan fingerprint density at radius 1 is 1.40 bits per heavy atom. The second-order valence-electron chi connectivity index (χ2n) is 5.41. The Labute approximate surface area is 120 Å². The topological polar surface area (TPSA) is 58.8 Å². The van der Waals surface area contributed by atoms with Gasteiger partial charge in [-0.3, -0.25) is 4.79 Å². The number of anilines is 1. The standard InChI is InChI=1S/C15H23N3O2/c1-17-8-6-12(7-9-17)18(2)15(19)13-5-4-11(16)10-14(13)20-3/h4-5,10,12H,6-9,16H2,1-3H3.